The molecular formula is C14H15NO5S. The first kappa shape index (κ1) is 15.4. The maximum Gasteiger partial charge on any atom is 0.335 e. The Morgan fingerprint density at radius 3 is 2.71 bits per heavy atom. The van der Waals surface area contributed by atoms with E-state index in [9.17, 15) is 19.5 Å². The molecule has 0 aromatic heterocycles. The van der Waals surface area contributed by atoms with Gasteiger partial charge in [-0.25, -0.2) is 4.79 Å². The van der Waals surface area contributed by atoms with E-state index in [0.29, 0.717) is 24.4 Å². The van der Waals surface area contributed by atoms with Crippen LogP contribution in [0.2, 0.25) is 0 Å². The molecule has 1 aliphatic heterocycles. The van der Waals surface area contributed by atoms with Gasteiger partial charge < -0.3 is 15.1 Å². The molecule has 2 N–H and O–H groups in total. The fraction of sp³-hybridized carbons (Fsp3) is 0.357. The molecule has 1 heterocycles. The van der Waals surface area contributed by atoms with Crippen molar-refractivity contribution in [3.8, 4) is 5.75 Å². The third-order valence-electron chi connectivity index (χ3n) is 3.19. The molecule has 1 aromatic rings. The van der Waals surface area contributed by atoms with Crippen molar-refractivity contribution in [1.82, 2.24) is 0 Å². The van der Waals surface area contributed by atoms with Gasteiger partial charge in [0.05, 0.1) is 5.56 Å². The number of amides is 1. The van der Waals surface area contributed by atoms with Crippen LogP contribution in [0.5, 0.6) is 5.75 Å². The van der Waals surface area contributed by atoms with Crippen molar-refractivity contribution in [1.29, 1.82) is 0 Å². The summed E-state index contributed by atoms with van der Waals surface area (Å²) in [7, 11) is 0. The molecule has 1 unspecified atom stereocenters. The number of hydrogen-bond donors (Lipinski definition) is 2. The second kappa shape index (κ2) is 6.17. The Labute approximate surface area is 125 Å². The molecule has 1 aromatic carbocycles. The third-order valence-corrected chi connectivity index (χ3v) is 4.23. The van der Waals surface area contributed by atoms with Crippen molar-refractivity contribution in [2.24, 2.45) is 5.92 Å². The van der Waals surface area contributed by atoms with Crippen LogP contribution in [-0.2, 0) is 9.59 Å². The molecule has 21 heavy (non-hydrogen) atoms. The number of anilines is 1. The van der Waals surface area contributed by atoms with E-state index in [4.69, 9.17) is 5.11 Å². The van der Waals surface area contributed by atoms with Gasteiger partial charge in [-0.3, -0.25) is 9.59 Å². The Balaban J connectivity index is 2.17. The number of aromatic hydroxyl groups is 1. The second-order valence-electron chi connectivity index (χ2n) is 4.92. The predicted octanol–water partition coefficient (Wildman–Crippen LogP) is 1.72. The minimum atomic E-state index is -1.16. The van der Waals surface area contributed by atoms with Crippen molar-refractivity contribution in [2.75, 3.05) is 17.2 Å². The predicted molar refractivity (Wildman–Crippen MR) is 78.7 cm³/mol. The fourth-order valence-electron chi connectivity index (χ4n) is 2.25. The van der Waals surface area contributed by atoms with Crippen molar-refractivity contribution < 1.29 is 24.6 Å². The fourth-order valence-corrected chi connectivity index (χ4v) is 2.95. The Morgan fingerprint density at radius 1 is 1.38 bits per heavy atom. The molecule has 1 amide bonds. The van der Waals surface area contributed by atoms with Gasteiger partial charge in [-0.1, -0.05) is 11.8 Å². The summed E-state index contributed by atoms with van der Waals surface area (Å²) in [5.74, 6) is -0.891. The number of rotatable bonds is 4. The summed E-state index contributed by atoms with van der Waals surface area (Å²) in [5, 5.41) is 18.6. The van der Waals surface area contributed by atoms with Crippen LogP contribution < -0.4 is 4.90 Å². The highest BCUT2D eigenvalue weighted by molar-refractivity contribution is 8.13. The SMILES string of the molecule is CC(=O)SCC1CC(=O)N(c2cc(O)cc(C(=O)O)c2)C1. The number of nitrogens with zero attached hydrogens (tertiary/aromatic N) is 1. The average Bonchev–Trinajstić information content (AvgIpc) is 2.77. The zero-order chi connectivity index (χ0) is 15.6. The van der Waals surface area contributed by atoms with Crippen molar-refractivity contribution in [3.63, 3.8) is 0 Å². The van der Waals surface area contributed by atoms with Gasteiger partial charge in [0, 0.05) is 37.4 Å². The summed E-state index contributed by atoms with van der Waals surface area (Å²) in [6.45, 7) is 1.90. The van der Waals surface area contributed by atoms with Gasteiger partial charge in [0.15, 0.2) is 5.12 Å². The quantitative estimate of drug-likeness (QED) is 0.879. The van der Waals surface area contributed by atoms with Crippen LogP contribution in [0.3, 0.4) is 0 Å². The van der Waals surface area contributed by atoms with E-state index in [2.05, 4.69) is 0 Å². The topological polar surface area (TPSA) is 94.9 Å². The van der Waals surface area contributed by atoms with Crippen LogP contribution in [0.15, 0.2) is 18.2 Å². The number of aromatic carboxylic acids is 1. The van der Waals surface area contributed by atoms with Crippen LogP contribution in [0, 0.1) is 5.92 Å². The van der Waals surface area contributed by atoms with Crippen LogP contribution in [0.4, 0.5) is 5.69 Å². The lowest BCUT2D eigenvalue weighted by Gasteiger charge is -2.17. The number of carboxylic acid groups (broad SMARTS) is 1. The molecule has 7 heteroatoms. The van der Waals surface area contributed by atoms with E-state index >= 15 is 0 Å². The lowest BCUT2D eigenvalue weighted by Crippen LogP contribution is -2.25. The lowest BCUT2D eigenvalue weighted by atomic mass is 10.1. The molecule has 6 nitrogen and oxygen atoms in total. The van der Waals surface area contributed by atoms with Gasteiger partial charge >= 0.3 is 5.97 Å². The Bertz CT molecular complexity index is 601. The number of carbonyl (C=O) groups excluding carboxylic acids is 2. The molecular weight excluding hydrogens is 294 g/mol. The molecule has 112 valence electrons. The van der Waals surface area contributed by atoms with E-state index < -0.39 is 5.97 Å². The Morgan fingerprint density at radius 2 is 2.10 bits per heavy atom. The van der Waals surface area contributed by atoms with Crippen LogP contribution >= 0.6 is 11.8 Å². The number of carboxylic acids is 1. The maximum absolute atomic E-state index is 12.0. The summed E-state index contributed by atoms with van der Waals surface area (Å²) in [4.78, 5) is 35.4. The normalized spacial score (nSPS) is 18.0. The molecule has 2 rings (SSSR count). The smallest absolute Gasteiger partial charge is 0.335 e. The Hall–Kier alpha value is -2.02. The first-order valence-electron chi connectivity index (χ1n) is 6.38. The molecule has 0 saturated carbocycles. The molecule has 1 fully saturated rings. The molecule has 0 bridgehead atoms. The minimum Gasteiger partial charge on any atom is -0.508 e. The summed E-state index contributed by atoms with van der Waals surface area (Å²) in [6, 6.07) is 3.86. The van der Waals surface area contributed by atoms with Gasteiger partial charge in [-0.05, 0) is 18.1 Å². The van der Waals surface area contributed by atoms with Crippen LogP contribution in [0.25, 0.3) is 0 Å². The maximum atomic E-state index is 12.0. The van der Waals surface area contributed by atoms with Gasteiger partial charge in [-0.2, -0.15) is 0 Å². The summed E-state index contributed by atoms with van der Waals surface area (Å²) >= 11 is 1.18. The van der Waals surface area contributed by atoms with Crippen LogP contribution in [-0.4, -0.2) is 39.5 Å². The van der Waals surface area contributed by atoms with E-state index in [1.165, 1.54) is 35.7 Å². The number of phenols is 1. The van der Waals surface area contributed by atoms with Crippen molar-refractivity contribution >= 4 is 34.4 Å². The van der Waals surface area contributed by atoms with Crippen LogP contribution in [0.1, 0.15) is 23.7 Å². The first-order chi connectivity index (χ1) is 9.86. The molecule has 1 atom stereocenters. The van der Waals surface area contributed by atoms with E-state index in [0.717, 1.165) is 6.07 Å². The monoisotopic (exact) mass is 309 g/mol. The zero-order valence-corrected chi connectivity index (χ0v) is 12.2. The largest absolute Gasteiger partial charge is 0.508 e. The second-order valence-corrected chi connectivity index (χ2v) is 6.12. The number of thioether (sulfide) groups is 1. The molecule has 1 aliphatic rings. The minimum absolute atomic E-state index is 0.00594. The van der Waals surface area contributed by atoms with Crippen molar-refractivity contribution in [3.05, 3.63) is 23.8 Å². The highest BCUT2D eigenvalue weighted by Gasteiger charge is 2.31. The molecule has 1 saturated heterocycles. The van der Waals surface area contributed by atoms with E-state index in [-0.39, 0.29) is 28.3 Å². The van der Waals surface area contributed by atoms with Gasteiger partial charge in [0.1, 0.15) is 5.75 Å². The molecule has 0 spiro atoms. The number of carbonyl (C=O) groups is 3. The number of benzene rings is 1. The van der Waals surface area contributed by atoms with Gasteiger partial charge in [0.25, 0.3) is 0 Å². The highest BCUT2D eigenvalue weighted by atomic mass is 32.2. The average molecular weight is 309 g/mol. The van der Waals surface area contributed by atoms with Gasteiger partial charge in [0.2, 0.25) is 5.91 Å². The lowest BCUT2D eigenvalue weighted by molar-refractivity contribution is -0.117. The summed E-state index contributed by atoms with van der Waals surface area (Å²) in [5.41, 5.74) is 0.298. The Kier molecular flexibility index (Phi) is 4.52. The third kappa shape index (κ3) is 3.75. The number of phenolic OH excluding ortho intramolecular Hbond substituents is 1. The standard InChI is InChI=1S/C14H15NO5S/c1-8(16)21-7-9-2-13(18)15(6-9)11-3-10(14(19)20)4-12(17)5-11/h3-5,9,17H,2,6-7H2,1H3,(H,19,20). The van der Waals surface area contributed by atoms with E-state index in [1.807, 2.05) is 0 Å². The van der Waals surface area contributed by atoms with E-state index in [1.54, 1.807) is 0 Å². The van der Waals surface area contributed by atoms with Crippen molar-refractivity contribution in [2.45, 2.75) is 13.3 Å². The molecule has 0 aliphatic carbocycles. The summed E-state index contributed by atoms with van der Waals surface area (Å²) in [6.07, 6.45) is 0.318. The highest BCUT2D eigenvalue weighted by Crippen LogP contribution is 2.30. The molecule has 0 radical (unpaired) electrons. The van der Waals surface area contributed by atoms with Gasteiger partial charge in [-0.15, -0.1) is 0 Å². The summed E-state index contributed by atoms with van der Waals surface area (Å²) < 4.78 is 0. The number of hydrogen-bond acceptors (Lipinski definition) is 5. The first-order valence-corrected chi connectivity index (χ1v) is 7.36. The zero-order valence-electron chi connectivity index (χ0n) is 11.4.